The largest absolute Gasteiger partial charge is 0.394 e. The van der Waals surface area contributed by atoms with Gasteiger partial charge in [0.05, 0.1) is 31.5 Å². The van der Waals surface area contributed by atoms with E-state index in [4.69, 9.17) is 28.4 Å². The average Bonchev–Trinajstić information content (AvgIpc) is 3.57. The number of methoxy groups -OCH3 is 1. The van der Waals surface area contributed by atoms with Crippen LogP contribution in [0.15, 0.2) is 0 Å². The van der Waals surface area contributed by atoms with Crippen molar-refractivity contribution in [3.63, 3.8) is 0 Å². The fourth-order valence-electron chi connectivity index (χ4n) is 13.0. The zero-order chi connectivity index (χ0) is 39.1. The van der Waals surface area contributed by atoms with Crippen LogP contribution in [0.5, 0.6) is 0 Å². The highest BCUT2D eigenvalue weighted by Gasteiger charge is 2.72. The molecule has 3 heterocycles. The molecule has 3 saturated heterocycles. The molecular formula is C40H68O14. The maximum atomic E-state index is 12.2. The van der Waals surface area contributed by atoms with Gasteiger partial charge < -0.3 is 69.3 Å². The van der Waals surface area contributed by atoms with Crippen molar-refractivity contribution in [3.8, 4) is 0 Å². The van der Waals surface area contributed by atoms with Crippen LogP contribution < -0.4 is 0 Å². The van der Waals surface area contributed by atoms with Gasteiger partial charge in [0.25, 0.3) is 0 Å². The molecule has 14 nitrogen and oxygen atoms in total. The lowest BCUT2D eigenvalue weighted by atomic mass is 9.44. The second-order valence-corrected chi connectivity index (χ2v) is 19.0. The molecule has 0 spiro atoms. The minimum Gasteiger partial charge on any atom is -0.394 e. The molecular weight excluding hydrogens is 704 g/mol. The Morgan fingerprint density at radius 2 is 1.37 bits per heavy atom. The van der Waals surface area contributed by atoms with Crippen LogP contribution in [-0.4, -0.2) is 147 Å². The van der Waals surface area contributed by atoms with Gasteiger partial charge in [-0.15, -0.1) is 0 Å². The van der Waals surface area contributed by atoms with Gasteiger partial charge in [-0.2, -0.15) is 0 Å². The lowest BCUT2D eigenvalue weighted by Crippen LogP contribution is -2.65. The molecule has 0 aromatic heterocycles. The quantitative estimate of drug-likeness (QED) is 0.146. The first-order valence-corrected chi connectivity index (χ1v) is 20.7. The van der Waals surface area contributed by atoms with Crippen LogP contribution in [0.1, 0.15) is 92.4 Å². The summed E-state index contributed by atoms with van der Waals surface area (Å²) in [4.78, 5) is 0. The van der Waals surface area contributed by atoms with Crippen molar-refractivity contribution >= 4 is 0 Å². The van der Waals surface area contributed by atoms with Crippen molar-refractivity contribution in [2.45, 2.75) is 178 Å². The van der Waals surface area contributed by atoms with Gasteiger partial charge in [-0.05, 0) is 91.8 Å². The fourth-order valence-corrected chi connectivity index (χ4v) is 13.0. The predicted molar refractivity (Wildman–Crippen MR) is 191 cm³/mol. The first-order chi connectivity index (χ1) is 25.5. The molecule has 312 valence electrons. The summed E-state index contributed by atoms with van der Waals surface area (Å²) in [6.45, 7) is 10.3. The third-order valence-electron chi connectivity index (χ3n) is 16.0. The third-order valence-corrected chi connectivity index (χ3v) is 16.0. The van der Waals surface area contributed by atoms with Crippen LogP contribution in [0.4, 0.5) is 0 Å². The molecule has 8 unspecified atom stereocenters. The van der Waals surface area contributed by atoms with Crippen molar-refractivity contribution in [1.82, 2.24) is 0 Å². The molecule has 3 aliphatic heterocycles. The summed E-state index contributed by atoms with van der Waals surface area (Å²) in [7, 11) is 1.76. The maximum absolute atomic E-state index is 12.2. The zero-order valence-electron chi connectivity index (χ0n) is 32.9. The van der Waals surface area contributed by atoms with Crippen LogP contribution >= 0.6 is 0 Å². The van der Waals surface area contributed by atoms with Crippen LogP contribution in [0.3, 0.4) is 0 Å². The van der Waals surface area contributed by atoms with Gasteiger partial charge in [0, 0.05) is 25.4 Å². The number of fused-ring (bicyclic) bond motifs is 7. The first-order valence-electron chi connectivity index (χ1n) is 20.7. The normalized spacial score (nSPS) is 55.9. The summed E-state index contributed by atoms with van der Waals surface area (Å²) in [5, 5.41) is 84.9. The van der Waals surface area contributed by atoms with Crippen molar-refractivity contribution < 1.29 is 69.3 Å². The molecule has 7 fully saturated rings. The van der Waals surface area contributed by atoms with Crippen molar-refractivity contribution in [2.24, 2.45) is 52.3 Å². The zero-order valence-corrected chi connectivity index (χ0v) is 32.9. The summed E-state index contributed by atoms with van der Waals surface area (Å²) >= 11 is 0. The summed E-state index contributed by atoms with van der Waals surface area (Å²) < 4.78 is 37.0. The highest BCUT2D eigenvalue weighted by molar-refractivity contribution is 5.18. The average molecular weight is 773 g/mol. The van der Waals surface area contributed by atoms with Crippen LogP contribution in [0.25, 0.3) is 0 Å². The molecule has 14 heteroatoms. The van der Waals surface area contributed by atoms with E-state index in [1.807, 2.05) is 0 Å². The highest BCUT2D eigenvalue weighted by Crippen LogP contribution is 2.71. The van der Waals surface area contributed by atoms with Crippen molar-refractivity contribution in [2.75, 3.05) is 20.3 Å². The van der Waals surface area contributed by atoms with E-state index in [0.717, 1.165) is 51.4 Å². The van der Waals surface area contributed by atoms with E-state index in [9.17, 15) is 40.9 Å². The monoisotopic (exact) mass is 772 g/mol. The van der Waals surface area contributed by atoms with Gasteiger partial charge in [-0.1, -0.05) is 34.6 Å². The van der Waals surface area contributed by atoms with Gasteiger partial charge in [0.15, 0.2) is 18.4 Å². The number of aliphatic hydroxyl groups excluding tert-OH is 8. The molecule has 7 aliphatic rings. The topological polar surface area (TPSA) is 217 Å². The Bertz CT molecular complexity index is 1290. The minimum absolute atomic E-state index is 0.0323. The molecule has 4 aliphatic carbocycles. The molecule has 0 radical (unpaired) electrons. The van der Waals surface area contributed by atoms with E-state index in [2.05, 4.69) is 34.6 Å². The van der Waals surface area contributed by atoms with Gasteiger partial charge in [-0.3, -0.25) is 0 Å². The standard InChI is InChI=1S/C40H68O14/c1-18(2)9-14-40(49-6)19(3)26-34(54-40)30(45)27-22-8-7-20-15-21(10-12-38(20,4)23(22)11-13-39(26,27)5)50-37-35(32(47)29(44)25(17-42)52-37)53-36-33(48)31(46)28(43)24(16-41)51-36/h18-37,41-48H,7-17H2,1-6H3/t19-,20+,21-,22?,23?,24+,25+,26?,27?,28-,29+,30+,31+,32+,33+,34?,35+,36-,37+,38?,39?,40?/m0/s1. The molecule has 8 N–H and O–H groups in total. The van der Waals surface area contributed by atoms with Crippen molar-refractivity contribution in [3.05, 3.63) is 0 Å². The predicted octanol–water partition coefficient (Wildman–Crippen LogP) is 1.05. The molecule has 0 aromatic rings. The summed E-state index contributed by atoms with van der Waals surface area (Å²) in [5.74, 6) is 1.58. The van der Waals surface area contributed by atoms with Gasteiger partial charge >= 0.3 is 0 Å². The minimum atomic E-state index is -1.73. The maximum Gasteiger partial charge on any atom is 0.187 e. The number of hydrogen-bond donors (Lipinski definition) is 8. The lowest BCUT2D eigenvalue weighted by molar-refractivity contribution is -0.373. The first kappa shape index (κ1) is 41.6. The lowest BCUT2D eigenvalue weighted by Gasteiger charge is -2.61. The van der Waals surface area contributed by atoms with Crippen LogP contribution in [0, 0.1) is 52.3 Å². The molecule has 0 bridgehead atoms. The smallest absolute Gasteiger partial charge is 0.187 e. The SMILES string of the molecule is COC1(CCC(C)C)OC2C([C@@H]1C)C1(C)CCC3C(CC[C@@H]4C[C@@H](O[C@@H]5O[C@H](CO)[C@@H](O)[C@@H](O)[C@H]5O[C@@H]5O[C@H](CO)[C@H](O)[C@@H](O)[C@H]5O)CCC34C)C1[C@H]2O. The molecule has 54 heavy (non-hydrogen) atoms. The van der Waals surface area contributed by atoms with Crippen LogP contribution in [-0.2, 0) is 28.4 Å². The Hall–Kier alpha value is -0.560. The fraction of sp³-hybridized carbons (Fsp3) is 1.00. The Morgan fingerprint density at radius 1 is 0.722 bits per heavy atom. The van der Waals surface area contributed by atoms with Gasteiger partial charge in [0.2, 0.25) is 0 Å². The second-order valence-electron chi connectivity index (χ2n) is 19.0. The van der Waals surface area contributed by atoms with E-state index in [-0.39, 0.29) is 40.8 Å². The third kappa shape index (κ3) is 6.64. The summed E-state index contributed by atoms with van der Waals surface area (Å²) in [6, 6.07) is 0. The Balaban J connectivity index is 1.04. The van der Waals surface area contributed by atoms with E-state index in [1.165, 1.54) is 0 Å². The number of aliphatic hydroxyl groups is 8. The molecule has 7 rings (SSSR count). The van der Waals surface area contributed by atoms with E-state index in [0.29, 0.717) is 30.1 Å². The van der Waals surface area contributed by atoms with E-state index in [1.54, 1.807) is 7.11 Å². The number of ether oxygens (including phenoxy) is 6. The molecule has 0 aromatic carbocycles. The van der Waals surface area contributed by atoms with E-state index >= 15 is 0 Å². The second kappa shape index (κ2) is 15.6. The molecule has 0 amide bonds. The number of rotatable bonds is 10. The number of hydrogen-bond acceptors (Lipinski definition) is 14. The van der Waals surface area contributed by atoms with Gasteiger partial charge in [-0.25, -0.2) is 0 Å². The Kier molecular flexibility index (Phi) is 12.0. The Labute approximate surface area is 319 Å². The summed E-state index contributed by atoms with van der Waals surface area (Å²) in [6.07, 6.45) is -7.60. The summed E-state index contributed by atoms with van der Waals surface area (Å²) in [5.41, 5.74) is -0.0141. The van der Waals surface area contributed by atoms with E-state index < -0.39 is 86.5 Å². The Morgan fingerprint density at radius 3 is 2.02 bits per heavy atom. The van der Waals surface area contributed by atoms with Crippen molar-refractivity contribution in [1.29, 1.82) is 0 Å². The highest BCUT2D eigenvalue weighted by atomic mass is 16.8. The van der Waals surface area contributed by atoms with Crippen LogP contribution in [0.2, 0.25) is 0 Å². The van der Waals surface area contributed by atoms with Gasteiger partial charge in [0.1, 0.15) is 48.8 Å². The molecule has 22 atom stereocenters. The molecule has 4 saturated carbocycles.